The fourth-order valence-electron chi connectivity index (χ4n) is 2.22. The lowest BCUT2D eigenvalue weighted by Crippen LogP contribution is -2.24. The van der Waals surface area contributed by atoms with Crippen LogP contribution in [0.3, 0.4) is 0 Å². The lowest BCUT2D eigenvalue weighted by Gasteiger charge is -2.28. The summed E-state index contributed by atoms with van der Waals surface area (Å²) in [5.41, 5.74) is 7.79. The van der Waals surface area contributed by atoms with Crippen LogP contribution in [-0.2, 0) is 0 Å². The summed E-state index contributed by atoms with van der Waals surface area (Å²) < 4.78 is 5.85. The Hall–Kier alpha value is -2.23. The van der Waals surface area contributed by atoms with Crippen molar-refractivity contribution < 1.29 is 4.74 Å². The van der Waals surface area contributed by atoms with E-state index < -0.39 is 0 Å². The Morgan fingerprint density at radius 1 is 1.14 bits per heavy atom. The Morgan fingerprint density at radius 2 is 1.90 bits per heavy atom. The van der Waals surface area contributed by atoms with Crippen LogP contribution < -0.4 is 15.4 Å². The van der Waals surface area contributed by atoms with E-state index in [0.29, 0.717) is 0 Å². The van der Waals surface area contributed by atoms with Crippen molar-refractivity contribution in [2.24, 2.45) is 0 Å². The summed E-state index contributed by atoms with van der Waals surface area (Å²) in [5, 5.41) is 0. The summed E-state index contributed by atoms with van der Waals surface area (Å²) in [6.07, 6.45) is 1.90. The Labute approximate surface area is 126 Å². The number of nitrogens with zero attached hydrogens (tertiary/aromatic N) is 2. The highest BCUT2D eigenvalue weighted by atomic mass is 16.5. The van der Waals surface area contributed by atoms with Gasteiger partial charge < -0.3 is 15.4 Å². The lowest BCUT2D eigenvalue weighted by molar-refractivity contribution is 0.242. The molecule has 112 valence electrons. The molecule has 2 rings (SSSR count). The standard InChI is InChI=1S/C17H23N3O/c1-12(2)21-16-9-6-10-19-17(16)20(4)13(3)14-7-5-8-15(18)11-14/h5-13H,18H2,1-4H3. The first-order chi connectivity index (χ1) is 9.99. The predicted octanol–water partition coefficient (Wildman–Crippen LogP) is 3.65. The van der Waals surface area contributed by atoms with Gasteiger partial charge in [-0.1, -0.05) is 12.1 Å². The SMILES string of the molecule is CC(C)Oc1cccnc1N(C)C(C)c1cccc(N)c1. The lowest BCUT2D eigenvalue weighted by atomic mass is 10.1. The van der Waals surface area contributed by atoms with Crippen molar-refractivity contribution in [2.75, 3.05) is 17.7 Å². The number of nitrogens with two attached hydrogens (primary N) is 1. The molecule has 1 aromatic heterocycles. The molecule has 0 bridgehead atoms. The van der Waals surface area contributed by atoms with E-state index in [1.165, 1.54) is 0 Å². The largest absolute Gasteiger partial charge is 0.487 e. The summed E-state index contributed by atoms with van der Waals surface area (Å²) in [7, 11) is 2.02. The molecule has 1 unspecified atom stereocenters. The molecule has 1 aromatic carbocycles. The van der Waals surface area contributed by atoms with Crippen molar-refractivity contribution in [1.82, 2.24) is 4.98 Å². The highest BCUT2D eigenvalue weighted by Crippen LogP contribution is 2.31. The Morgan fingerprint density at radius 3 is 2.57 bits per heavy atom. The third kappa shape index (κ3) is 3.66. The molecule has 0 aliphatic heterocycles. The summed E-state index contributed by atoms with van der Waals surface area (Å²) in [6, 6.07) is 11.9. The molecule has 2 aromatic rings. The number of benzene rings is 1. The van der Waals surface area contributed by atoms with Gasteiger partial charge in [-0.15, -0.1) is 0 Å². The first-order valence-corrected chi connectivity index (χ1v) is 7.19. The van der Waals surface area contributed by atoms with Gasteiger partial charge in [0.2, 0.25) is 0 Å². The highest BCUT2D eigenvalue weighted by Gasteiger charge is 2.18. The van der Waals surface area contributed by atoms with Gasteiger partial charge in [-0.3, -0.25) is 0 Å². The molecule has 0 saturated carbocycles. The molecule has 2 N–H and O–H groups in total. The van der Waals surface area contributed by atoms with E-state index in [9.17, 15) is 0 Å². The number of rotatable bonds is 5. The third-order valence-corrected chi connectivity index (χ3v) is 3.42. The zero-order valence-electron chi connectivity index (χ0n) is 13.1. The van der Waals surface area contributed by atoms with Gasteiger partial charge in [-0.25, -0.2) is 4.98 Å². The number of hydrogen-bond acceptors (Lipinski definition) is 4. The van der Waals surface area contributed by atoms with Crippen LogP contribution in [0.1, 0.15) is 32.4 Å². The minimum absolute atomic E-state index is 0.115. The average Bonchev–Trinajstić information content (AvgIpc) is 2.46. The summed E-state index contributed by atoms with van der Waals surface area (Å²) in [5.74, 6) is 1.63. The van der Waals surface area contributed by atoms with Crippen molar-refractivity contribution in [2.45, 2.75) is 32.9 Å². The van der Waals surface area contributed by atoms with Gasteiger partial charge in [0.15, 0.2) is 11.6 Å². The van der Waals surface area contributed by atoms with Crippen LogP contribution in [0.25, 0.3) is 0 Å². The number of ether oxygens (including phenoxy) is 1. The first kappa shape index (κ1) is 15.2. The average molecular weight is 285 g/mol. The molecule has 0 aliphatic rings. The van der Waals surface area contributed by atoms with Gasteiger partial charge in [0, 0.05) is 18.9 Å². The second-order valence-corrected chi connectivity index (χ2v) is 5.45. The fraction of sp³-hybridized carbons (Fsp3) is 0.353. The van der Waals surface area contributed by atoms with Crippen LogP contribution in [0, 0.1) is 0 Å². The molecule has 0 aliphatic carbocycles. The van der Waals surface area contributed by atoms with Crippen molar-refractivity contribution in [3.05, 3.63) is 48.2 Å². The van der Waals surface area contributed by atoms with Gasteiger partial charge in [0.05, 0.1) is 12.1 Å². The zero-order chi connectivity index (χ0) is 15.4. The van der Waals surface area contributed by atoms with Crippen LogP contribution in [0.2, 0.25) is 0 Å². The van der Waals surface area contributed by atoms with Gasteiger partial charge in [-0.05, 0) is 50.6 Å². The molecule has 21 heavy (non-hydrogen) atoms. The van der Waals surface area contributed by atoms with E-state index in [1.54, 1.807) is 6.20 Å². The monoisotopic (exact) mass is 285 g/mol. The summed E-state index contributed by atoms with van der Waals surface area (Å²) in [6.45, 7) is 6.15. The topological polar surface area (TPSA) is 51.4 Å². The molecule has 0 amide bonds. The molecule has 1 heterocycles. The van der Waals surface area contributed by atoms with E-state index in [-0.39, 0.29) is 12.1 Å². The predicted molar refractivity (Wildman–Crippen MR) is 87.7 cm³/mol. The van der Waals surface area contributed by atoms with Gasteiger partial charge in [-0.2, -0.15) is 0 Å². The Balaban J connectivity index is 2.29. The maximum atomic E-state index is 5.87. The van der Waals surface area contributed by atoms with Crippen molar-refractivity contribution >= 4 is 11.5 Å². The minimum atomic E-state index is 0.115. The number of hydrogen-bond donors (Lipinski definition) is 1. The summed E-state index contributed by atoms with van der Waals surface area (Å²) >= 11 is 0. The quantitative estimate of drug-likeness (QED) is 0.852. The number of anilines is 2. The van der Waals surface area contributed by atoms with E-state index in [2.05, 4.69) is 22.9 Å². The maximum absolute atomic E-state index is 5.87. The van der Waals surface area contributed by atoms with Gasteiger partial charge >= 0.3 is 0 Å². The molecule has 0 fully saturated rings. The molecule has 0 radical (unpaired) electrons. The smallest absolute Gasteiger partial charge is 0.171 e. The Bertz CT molecular complexity index is 598. The molecular formula is C17H23N3O. The zero-order valence-corrected chi connectivity index (χ0v) is 13.1. The fourth-order valence-corrected chi connectivity index (χ4v) is 2.22. The molecule has 0 spiro atoms. The molecular weight excluding hydrogens is 262 g/mol. The highest BCUT2D eigenvalue weighted by molar-refractivity contribution is 5.54. The third-order valence-electron chi connectivity index (χ3n) is 3.42. The number of aromatic nitrogens is 1. The van der Waals surface area contributed by atoms with Crippen LogP contribution in [-0.4, -0.2) is 18.1 Å². The van der Waals surface area contributed by atoms with E-state index in [4.69, 9.17) is 10.5 Å². The second-order valence-electron chi connectivity index (χ2n) is 5.45. The van der Waals surface area contributed by atoms with Gasteiger partial charge in [0.25, 0.3) is 0 Å². The van der Waals surface area contributed by atoms with Crippen molar-refractivity contribution in [1.29, 1.82) is 0 Å². The van der Waals surface area contributed by atoms with Crippen LogP contribution in [0.5, 0.6) is 5.75 Å². The second kappa shape index (κ2) is 6.48. The van der Waals surface area contributed by atoms with Crippen LogP contribution in [0.15, 0.2) is 42.6 Å². The van der Waals surface area contributed by atoms with E-state index in [0.717, 1.165) is 22.8 Å². The Kier molecular flexibility index (Phi) is 4.68. The van der Waals surface area contributed by atoms with Gasteiger partial charge in [0.1, 0.15) is 0 Å². The minimum Gasteiger partial charge on any atom is -0.487 e. The number of nitrogen functional groups attached to an aromatic ring is 1. The molecule has 4 heteroatoms. The first-order valence-electron chi connectivity index (χ1n) is 7.19. The van der Waals surface area contributed by atoms with Crippen LogP contribution >= 0.6 is 0 Å². The number of pyridine rings is 1. The molecule has 1 atom stereocenters. The summed E-state index contributed by atoms with van der Waals surface area (Å²) in [4.78, 5) is 6.57. The van der Waals surface area contributed by atoms with Crippen molar-refractivity contribution in [3.63, 3.8) is 0 Å². The molecule has 0 saturated heterocycles. The normalized spacial score (nSPS) is 12.2. The van der Waals surface area contributed by atoms with E-state index in [1.807, 2.05) is 51.2 Å². The molecule has 4 nitrogen and oxygen atoms in total. The van der Waals surface area contributed by atoms with Crippen LogP contribution in [0.4, 0.5) is 11.5 Å². The maximum Gasteiger partial charge on any atom is 0.171 e. The van der Waals surface area contributed by atoms with E-state index >= 15 is 0 Å². The van der Waals surface area contributed by atoms with Crippen molar-refractivity contribution in [3.8, 4) is 5.75 Å².